The van der Waals surface area contributed by atoms with Crippen LogP contribution in [0.2, 0.25) is 0 Å². The number of fused-ring (bicyclic) bond motifs is 1. The van der Waals surface area contributed by atoms with E-state index in [1.54, 1.807) is 11.3 Å². The lowest BCUT2D eigenvalue weighted by molar-refractivity contribution is 0.309. The number of halogens is 1. The van der Waals surface area contributed by atoms with Crippen molar-refractivity contribution >= 4 is 21.4 Å². The Hall–Kier alpha value is -3.09. The van der Waals surface area contributed by atoms with Crippen molar-refractivity contribution in [3.63, 3.8) is 0 Å². The number of thiophene rings is 1. The monoisotopic (exact) mass is 442 g/mol. The van der Waals surface area contributed by atoms with E-state index in [0.29, 0.717) is 11.1 Å². The van der Waals surface area contributed by atoms with E-state index in [9.17, 15) is 4.39 Å². The van der Waals surface area contributed by atoms with Gasteiger partial charge in [0.05, 0.1) is 6.61 Å². The summed E-state index contributed by atoms with van der Waals surface area (Å²) in [6, 6.07) is 21.4. The molecule has 4 rings (SSSR count). The van der Waals surface area contributed by atoms with E-state index in [1.807, 2.05) is 42.5 Å². The zero-order chi connectivity index (χ0) is 22.3. The summed E-state index contributed by atoms with van der Waals surface area (Å²) in [4.78, 5) is 1.38. The minimum absolute atomic E-state index is 0.249. The van der Waals surface area contributed by atoms with E-state index < -0.39 is 0 Å². The fourth-order valence-electron chi connectivity index (χ4n) is 3.56. The summed E-state index contributed by atoms with van der Waals surface area (Å²) in [5, 5.41) is 1.23. The van der Waals surface area contributed by atoms with E-state index in [4.69, 9.17) is 4.74 Å². The molecule has 0 spiro atoms. The van der Waals surface area contributed by atoms with Gasteiger partial charge in [-0.2, -0.15) is 0 Å². The van der Waals surface area contributed by atoms with Gasteiger partial charge in [0.1, 0.15) is 11.6 Å². The summed E-state index contributed by atoms with van der Waals surface area (Å²) in [7, 11) is 0. The molecular formula is C29H27FOS. The summed E-state index contributed by atoms with van der Waals surface area (Å²) in [6.07, 6.45) is 4.38. The van der Waals surface area contributed by atoms with Crippen LogP contribution in [0.1, 0.15) is 49.1 Å². The lowest BCUT2D eigenvalue weighted by Crippen LogP contribution is -1.95. The van der Waals surface area contributed by atoms with Crippen LogP contribution in [-0.4, -0.2) is 6.61 Å². The number of ether oxygens (including phenoxy) is 1. The van der Waals surface area contributed by atoms with Crippen LogP contribution in [0.3, 0.4) is 0 Å². The summed E-state index contributed by atoms with van der Waals surface area (Å²) < 4.78 is 21.8. The van der Waals surface area contributed by atoms with Crippen LogP contribution in [0.25, 0.3) is 21.2 Å². The van der Waals surface area contributed by atoms with Crippen LogP contribution in [0.15, 0.2) is 66.7 Å². The molecule has 0 radical (unpaired) electrons. The van der Waals surface area contributed by atoms with Crippen molar-refractivity contribution in [3.05, 3.63) is 88.6 Å². The zero-order valence-electron chi connectivity index (χ0n) is 18.6. The zero-order valence-corrected chi connectivity index (χ0v) is 19.4. The van der Waals surface area contributed by atoms with Crippen molar-refractivity contribution in [2.75, 3.05) is 6.61 Å². The number of hydrogen-bond acceptors (Lipinski definition) is 2. The molecule has 32 heavy (non-hydrogen) atoms. The van der Waals surface area contributed by atoms with Crippen LogP contribution in [0.5, 0.6) is 5.75 Å². The molecule has 0 atom stereocenters. The van der Waals surface area contributed by atoms with Crippen molar-refractivity contribution in [2.24, 2.45) is 0 Å². The summed E-state index contributed by atoms with van der Waals surface area (Å²) in [5.74, 6) is 6.78. The van der Waals surface area contributed by atoms with Crippen LogP contribution >= 0.6 is 11.3 Å². The molecule has 3 aromatic carbocycles. The van der Waals surface area contributed by atoms with Gasteiger partial charge in [-0.3, -0.25) is 0 Å². The van der Waals surface area contributed by atoms with Gasteiger partial charge >= 0.3 is 0 Å². The normalized spacial score (nSPS) is 10.7. The van der Waals surface area contributed by atoms with Crippen LogP contribution < -0.4 is 4.74 Å². The molecule has 0 aliphatic rings. The molecule has 0 fully saturated rings. The van der Waals surface area contributed by atoms with Crippen molar-refractivity contribution in [2.45, 2.75) is 39.5 Å². The maximum Gasteiger partial charge on any atom is 0.132 e. The van der Waals surface area contributed by atoms with Crippen molar-refractivity contribution in [1.82, 2.24) is 0 Å². The smallest absolute Gasteiger partial charge is 0.132 e. The lowest BCUT2D eigenvalue weighted by atomic mass is 10.0. The molecule has 0 saturated carbocycles. The molecule has 162 valence electrons. The molecule has 0 N–H and O–H groups in total. The van der Waals surface area contributed by atoms with Gasteiger partial charge in [-0.05, 0) is 72.3 Å². The molecule has 0 saturated heterocycles. The van der Waals surface area contributed by atoms with Gasteiger partial charge in [0.2, 0.25) is 0 Å². The fraction of sp³-hybridized carbons (Fsp3) is 0.241. The quantitative estimate of drug-likeness (QED) is 0.207. The summed E-state index contributed by atoms with van der Waals surface area (Å²) >= 11 is 1.80. The Kier molecular flexibility index (Phi) is 7.24. The highest BCUT2D eigenvalue weighted by atomic mass is 32.1. The fourth-order valence-corrected chi connectivity index (χ4v) is 4.77. The molecular weight excluding hydrogens is 415 g/mol. The number of aryl methyl sites for hydroxylation is 1. The van der Waals surface area contributed by atoms with Crippen LogP contribution in [0, 0.1) is 17.7 Å². The molecule has 1 nitrogen and oxygen atoms in total. The van der Waals surface area contributed by atoms with Gasteiger partial charge in [-0.1, -0.05) is 56.7 Å². The van der Waals surface area contributed by atoms with E-state index in [-0.39, 0.29) is 5.82 Å². The molecule has 0 amide bonds. The van der Waals surface area contributed by atoms with Gasteiger partial charge < -0.3 is 4.74 Å². The number of hydrogen-bond donors (Lipinski definition) is 0. The highest BCUT2D eigenvalue weighted by molar-refractivity contribution is 7.19. The Labute approximate surface area is 193 Å². The molecule has 0 aliphatic carbocycles. The first-order valence-electron chi connectivity index (χ1n) is 11.2. The second-order valence-corrected chi connectivity index (χ2v) is 9.05. The summed E-state index contributed by atoms with van der Waals surface area (Å²) in [5.41, 5.74) is 3.05. The van der Waals surface area contributed by atoms with Gasteiger partial charge in [0.25, 0.3) is 0 Å². The highest BCUT2D eigenvalue weighted by Gasteiger charge is 2.08. The highest BCUT2D eigenvalue weighted by Crippen LogP contribution is 2.32. The first-order valence-corrected chi connectivity index (χ1v) is 12.0. The second-order valence-electron chi connectivity index (χ2n) is 7.89. The Morgan fingerprint density at radius 3 is 2.38 bits per heavy atom. The molecule has 0 unspecified atom stereocenters. The average molecular weight is 443 g/mol. The maximum atomic E-state index is 14.9. The Balaban J connectivity index is 1.50. The predicted octanol–water partition coefficient (Wildman–Crippen LogP) is 8.24. The molecule has 3 heteroatoms. The van der Waals surface area contributed by atoms with Gasteiger partial charge in [0, 0.05) is 26.3 Å². The van der Waals surface area contributed by atoms with Crippen molar-refractivity contribution in [1.29, 1.82) is 0 Å². The van der Waals surface area contributed by atoms with E-state index >= 15 is 0 Å². The third-order valence-corrected chi connectivity index (χ3v) is 6.48. The SMILES string of the molecule is CCCCOc1ccc(C#Cc2ccc(-c3ccc4cc(CCC)sc4c3)c(F)c2)cc1. The maximum absolute atomic E-state index is 14.9. The first kappa shape index (κ1) is 22.1. The van der Waals surface area contributed by atoms with E-state index in [2.05, 4.69) is 43.9 Å². The first-order chi connectivity index (χ1) is 15.7. The van der Waals surface area contributed by atoms with Crippen LogP contribution in [0.4, 0.5) is 4.39 Å². The molecule has 1 aromatic heterocycles. The number of unbranched alkanes of at least 4 members (excludes halogenated alkanes) is 1. The van der Waals surface area contributed by atoms with Crippen LogP contribution in [-0.2, 0) is 6.42 Å². The van der Waals surface area contributed by atoms with Crippen molar-refractivity contribution in [3.8, 4) is 28.7 Å². The van der Waals surface area contributed by atoms with Gasteiger partial charge in [-0.25, -0.2) is 4.39 Å². The number of rotatable bonds is 7. The lowest BCUT2D eigenvalue weighted by Gasteiger charge is -2.05. The largest absolute Gasteiger partial charge is 0.494 e. The molecule has 1 heterocycles. The Morgan fingerprint density at radius 1 is 0.844 bits per heavy atom. The second kappa shape index (κ2) is 10.5. The summed E-state index contributed by atoms with van der Waals surface area (Å²) in [6.45, 7) is 5.06. The van der Waals surface area contributed by atoms with Crippen molar-refractivity contribution < 1.29 is 9.13 Å². The minimum Gasteiger partial charge on any atom is -0.494 e. The Morgan fingerprint density at radius 2 is 1.62 bits per heavy atom. The third kappa shape index (κ3) is 5.39. The molecule has 0 aliphatic heterocycles. The predicted molar refractivity (Wildman–Crippen MR) is 134 cm³/mol. The van der Waals surface area contributed by atoms with Gasteiger partial charge in [0.15, 0.2) is 0 Å². The third-order valence-electron chi connectivity index (χ3n) is 5.32. The van der Waals surface area contributed by atoms with Gasteiger partial charge in [-0.15, -0.1) is 11.3 Å². The topological polar surface area (TPSA) is 9.23 Å². The molecule has 0 bridgehead atoms. The number of benzene rings is 3. The molecule has 4 aromatic rings. The average Bonchev–Trinajstić information content (AvgIpc) is 3.21. The van der Waals surface area contributed by atoms with E-state index in [0.717, 1.165) is 49.2 Å². The van der Waals surface area contributed by atoms with E-state index in [1.165, 1.54) is 21.0 Å². The standard InChI is InChI=1S/C29H27FOS/c1-3-5-17-31-25-14-9-21(10-15-25)7-8-22-11-16-27(28(30)18-22)23-12-13-24-19-26(6-4-2)32-29(24)20-23/h9-16,18-20H,3-6,17H2,1-2H3. The Bertz CT molecular complexity index is 1260. The minimum atomic E-state index is -0.249.